The zero-order chi connectivity index (χ0) is 16.8. The van der Waals surface area contributed by atoms with Gasteiger partial charge in [-0.2, -0.15) is 0 Å². The van der Waals surface area contributed by atoms with Gasteiger partial charge >= 0.3 is 0 Å². The monoisotopic (exact) mass is 346 g/mol. The summed E-state index contributed by atoms with van der Waals surface area (Å²) in [6.45, 7) is 0. The number of hydrogen-bond donors (Lipinski definition) is 0. The Balaban J connectivity index is 1.83. The molecule has 5 rings (SSSR count). The Morgan fingerprint density at radius 1 is 0.920 bits per heavy atom. The number of aromatic nitrogens is 4. The fraction of sp³-hybridized carbons (Fsp3) is 0. The van der Waals surface area contributed by atoms with Crippen molar-refractivity contribution in [2.75, 3.05) is 0 Å². The largest absolute Gasteiger partial charge is 0.435 e. The summed E-state index contributed by atoms with van der Waals surface area (Å²) in [6.07, 6.45) is 3.43. The third-order valence-corrected chi connectivity index (χ3v) is 4.27. The van der Waals surface area contributed by atoms with Crippen LogP contribution in [-0.4, -0.2) is 19.5 Å². The summed E-state index contributed by atoms with van der Waals surface area (Å²) in [4.78, 5) is 13.4. The van der Waals surface area contributed by atoms with Crippen molar-refractivity contribution in [3.8, 4) is 17.5 Å². The summed E-state index contributed by atoms with van der Waals surface area (Å²) in [6, 6.07) is 17.3. The highest BCUT2D eigenvalue weighted by atomic mass is 35.5. The Morgan fingerprint density at radius 3 is 2.64 bits per heavy atom. The first-order valence-electron chi connectivity index (χ1n) is 7.74. The van der Waals surface area contributed by atoms with Crippen LogP contribution >= 0.6 is 11.6 Å². The Morgan fingerprint density at radius 2 is 1.76 bits per heavy atom. The van der Waals surface area contributed by atoms with E-state index in [0.29, 0.717) is 22.4 Å². The molecule has 0 aliphatic heterocycles. The zero-order valence-electron chi connectivity index (χ0n) is 12.9. The number of fused-ring (bicyclic) bond motifs is 2. The van der Waals surface area contributed by atoms with Crippen LogP contribution in [0.5, 0.6) is 0 Å². The van der Waals surface area contributed by atoms with Gasteiger partial charge in [-0.15, -0.1) is 0 Å². The number of rotatable bonds is 2. The van der Waals surface area contributed by atoms with Gasteiger partial charge in [0.1, 0.15) is 11.2 Å². The van der Waals surface area contributed by atoms with Crippen LogP contribution in [0.3, 0.4) is 0 Å². The van der Waals surface area contributed by atoms with E-state index in [1.54, 1.807) is 30.6 Å². The molecule has 0 fully saturated rings. The van der Waals surface area contributed by atoms with Gasteiger partial charge in [0, 0.05) is 28.9 Å². The van der Waals surface area contributed by atoms with Gasteiger partial charge in [-0.1, -0.05) is 29.8 Å². The maximum Gasteiger partial charge on any atom is 0.244 e. The second-order valence-electron chi connectivity index (χ2n) is 5.60. The molecule has 5 nitrogen and oxygen atoms in total. The molecule has 3 heterocycles. The summed E-state index contributed by atoms with van der Waals surface area (Å²) in [5.74, 6) is 1.07. The van der Waals surface area contributed by atoms with Crippen LogP contribution in [0.1, 0.15) is 0 Å². The van der Waals surface area contributed by atoms with Gasteiger partial charge in [0.15, 0.2) is 5.58 Å². The first-order valence-corrected chi connectivity index (χ1v) is 8.12. The van der Waals surface area contributed by atoms with E-state index >= 15 is 0 Å². The number of hydrogen-bond acceptors (Lipinski definition) is 4. The molecule has 0 spiro atoms. The number of benzene rings is 2. The molecule has 25 heavy (non-hydrogen) atoms. The number of nitrogens with zero attached hydrogens (tertiary/aromatic N) is 4. The maximum atomic E-state index is 6.05. The molecule has 0 radical (unpaired) electrons. The average molecular weight is 347 g/mol. The van der Waals surface area contributed by atoms with Crippen LogP contribution in [-0.2, 0) is 0 Å². The molecule has 0 aliphatic carbocycles. The predicted molar refractivity (Wildman–Crippen MR) is 96.9 cm³/mol. The third-order valence-electron chi connectivity index (χ3n) is 4.03. The van der Waals surface area contributed by atoms with E-state index in [1.165, 1.54) is 0 Å². The van der Waals surface area contributed by atoms with Crippen LogP contribution in [0, 0.1) is 0 Å². The minimum absolute atomic E-state index is 0.501. The normalized spacial score (nSPS) is 11.4. The molecule has 0 amide bonds. The number of halogens is 1. The summed E-state index contributed by atoms with van der Waals surface area (Å²) in [7, 11) is 0. The van der Waals surface area contributed by atoms with Gasteiger partial charge in [0.2, 0.25) is 11.8 Å². The lowest BCUT2D eigenvalue weighted by Gasteiger charge is -2.06. The van der Waals surface area contributed by atoms with E-state index < -0.39 is 0 Å². The summed E-state index contributed by atoms with van der Waals surface area (Å²) >= 11 is 6.05. The van der Waals surface area contributed by atoms with Crippen LogP contribution in [0.4, 0.5) is 0 Å². The van der Waals surface area contributed by atoms with Gasteiger partial charge in [-0.3, -0.25) is 4.57 Å². The lowest BCUT2D eigenvalue weighted by molar-refractivity contribution is 0.614. The lowest BCUT2D eigenvalue weighted by Crippen LogP contribution is -2.01. The van der Waals surface area contributed by atoms with Crippen molar-refractivity contribution in [1.29, 1.82) is 0 Å². The van der Waals surface area contributed by atoms with Crippen molar-refractivity contribution >= 4 is 33.6 Å². The van der Waals surface area contributed by atoms with E-state index in [2.05, 4.69) is 15.0 Å². The topological polar surface area (TPSA) is 56.7 Å². The first kappa shape index (κ1) is 14.2. The van der Waals surface area contributed by atoms with Crippen molar-refractivity contribution in [2.45, 2.75) is 0 Å². The predicted octanol–water partition coefficient (Wildman–Crippen LogP) is 4.88. The Kier molecular flexibility index (Phi) is 3.08. The molecule has 120 valence electrons. The molecule has 0 atom stereocenters. The number of para-hydroxylation sites is 1. The van der Waals surface area contributed by atoms with E-state index in [-0.39, 0.29) is 0 Å². The van der Waals surface area contributed by atoms with E-state index in [4.69, 9.17) is 16.0 Å². The zero-order valence-corrected chi connectivity index (χ0v) is 13.7. The Hall–Kier alpha value is -3.18. The smallest absolute Gasteiger partial charge is 0.244 e. The molecule has 3 aromatic heterocycles. The quantitative estimate of drug-likeness (QED) is 0.457. The average Bonchev–Trinajstić information content (AvgIpc) is 3.23. The molecular formula is C19H11ClN4O. The standard InChI is InChI=1S/C19H11ClN4O/c20-13-6-7-14-17(11-13)25-18(23-14)16-10-12-4-1-2-5-15(12)24(16)19-21-8-3-9-22-19/h1-11H. The first-order chi connectivity index (χ1) is 12.3. The van der Waals surface area contributed by atoms with Crippen LogP contribution < -0.4 is 0 Å². The lowest BCUT2D eigenvalue weighted by atomic mass is 10.2. The van der Waals surface area contributed by atoms with Gasteiger partial charge in [0.25, 0.3) is 0 Å². The highest BCUT2D eigenvalue weighted by Crippen LogP contribution is 2.32. The molecular weight excluding hydrogens is 336 g/mol. The minimum atomic E-state index is 0.501. The molecule has 0 aliphatic rings. The minimum Gasteiger partial charge on any atom is -0.435 e. The number of oxazole rings is 1. The SMILES string of the molecule is Clc1ccc2nc(-c3cc4ccccc4n3-c3ncccn3)oc2c1. The molecule has 0 saturated heterocycles. The molecule has 0 N–H and O–H groups in total. The van der Waals surface area contributed by atoms with Crippen molar-refractivity contribution in [2.24, 2.45) is 0 Å². The molecule has 0 saturated carbocycles. The second kappa shape index (κ2) is 5.43. The van der Waals surface area contributed by atoms with Crippen molar-refractivity contribution in [1.82, 2.24) is 19.5 Å². The fourth-order valence-electron chi connectivity index (χ4n) is 2.94. The summed E-state index contributed by atoms with van der Waals surface area (Å²) in [5.41, 5.74) is 3.18. The van der Waals surface area contributed by atoms with E-state index in [9.17, 15) is 0 Å². The molecule has 0 bridgehead atoms. The van der Waals surface area contributed by atoms with Crippen molar-refractivity contribution in [3.63, 3.8) is 0 Å². The van der Waals surface area contributed by atoms with Gasteiger partial charge in [0.05, 0.1) is 5.52 Å². The molecule has 0 unspecified atom stereocenters. The van der Waals surface area contributed by atoms with Gasteiger partial charge < -0.3 is 4.42 Å². The highest BCUT2D eigenvalue weighted by Gasteiger charge is 2.18. The maximum absolute atomic E-state index is 6.05. The fourth-order valence-corrected chi connectivity index (χ4v) is 3.10. The second-order valence-corrected chi connectivity index (χ2v) is 6.04. The van der Waals surface area contributed by atoms with E-state index in [1.807, 2.05) is 41.0 Å². The third kappa shape index (κ3) is 2.28. The van der Waals surface area contributed by atoms with Gasteiger partial charge in [-0.05, 0) is 30.3 Å². The Bertz CT molecular complexity index is 1210. The molecule has 2 aromatic carbocycles. The molecule has 6 heteroatoms. The van der Waals surface area contributed by atoms with Crippen LogP contribution in [0.25, 0.3) is 39.5 Å². The van der Waals surface area contributed by atoms with Crippen molar-refractivity contribution in [3.05, 3.63) is 72.0 Å². The van der Waals surface area contributed by atoms with Gasteiger partial charge in [-0.25, -0.2) is 15.0 Å². The molecule has 5 aromatic rings. The summed E-state index contributed by atoms with van der Waals surface area (Å²) in [5, 5.41) is 1.67. The van der Waals surface area contributed by atoms with Crippen LogP contribution in [0.2, 0.25) is 5.02 Å². The Labute approximate surface area is 147 Å². The van der Waals surface area contributed by atoms with Crippen LogP contribution in [0.15, 0.2) is 71.4 Å². The highest BCUT2D eigenvalue weighted by molar-refractivity contribution is 6.31. The summed E-state index contributed by atoms with van der Waals surface area (Å²) < 4.78 is 7.90. The van der Waals surface area contributed by atoms with E-state index in [0.717, 1.165) is 22.1 Å². The van der Waals surface area contributed by atoms with Crippen molar-refractivity contribution < 1.29 is 4.42 Å².